The summed E-state index contributed by atoms with van der Waals surface area (Å²) in [6.45, 7) is 5.27. The highest BCUT2D eigenvalue weighted by molar-refractivity contribution is 7.93. The van der Waals surface area contributed by atoms with Gasteiger partial charge in [-0.3, -0.25) is 29.9 Å². The van der Waals surface area contributed by atoms with E-state index in [1.165, 1.54) is 28.8 Å². The molecule has 1 N–H and O–H groups in total. The molecule has 0 unspecified atom stereocenters. The van der Waals surface area contributed by atoms with Gasteiger partial charge in [-0.05, 0) is 73.0 Å². The number of amides is 1. The maximum Gasteiger partial charge on any atom is 0.519 e. The van der Waals surface area contributed by atoms with Gasteiger partial charge in [-0.25, -0.2) is 13.1 Å². The highest BCUT2D eigenvalue weighted by Crippen LogP contribution is 2.37. The Labute approximate surface area is 296 Å². The van der Waals surface area contributed by atoms with Crippen molar-refractivity contribution >= 4 is 21.6 Å². The average molecular weight is 717 g/mol. The van der Waals surface area contributed by atoms with E-state index in [2.05, 4.69) is 40.1 Å². The number of hydrogen-bond donors (Lipinski definition) is 1. The fourth-order valence-electron chi connectivity index (χ4n) is 6.70. The van der Waals surface area contributed by atoms with E-state index in [1.54, 1.807) is 12.1 Å². The maximum absolute atomic E-state index is 13.3. The zero-order valence-corrected chi connectivity index (χ0v) is 29.0. The Morgan fingerprint density at radius 1 is 0.863 bits per heavy atom. The molecule has 3 aliphatic rings. The summed E-state index contributed by atoms with van der Waals surface area (Å²) in [6, 6.07) is 25.2. The Morgan fingerprint density at radius 3 is 2.14 bits per heavy atom. The van der Waals surface area contributed by atoms with Crippen LogP contribution in [0.3, 0.4) is 0 Å². The molecule has 1 amide bonds. The smallest absolute Gasteiger partial charge is 0.482 e. The molecule has 0 radical (unpaired) electrons. The van der Waals surface area contributed by atoms with Crippen LogP contribution in [0.2, 0.25) is 0 Å². The van der Waals surface area contributed by atoms with Gasteiger partial charge in [0, 0.05) is 57.1 Å². The van der Waals surface area contributed by atoms with Gasteiger partial charge in [0.2, 0.25) is 0 Å². The van der Waals surface area contributed by atoms with Crippen LogP contribution in [0.25, 0.3) is 11.1 Å². The zero-order valence-electron chi connectivity index (χ0n) is 28.2. The highest BCUT2D eigenvalue weighted by atomic mass is 32.2. The minimum absolute atomic E-state index is 0.0477. The summed E-state index contributed by atoms with van der Waals surface area (Å²) >= 11 is 0. The van der Waals surface area contributed by atoms with Gasteiger partial charge < -0.3 is 14.5 Å². The molecule has 3 aromatic rings. The monoisotopic (exact) mass is 716 g/mol. The number of piperazine rings is 1. The first-order valence-electron chi connectivity index (χ1n) is 16.8. The predicted molar refractivity (Wildman–Crippen MR) is 191 cm³/mol. The van der Waals surface area contributed by atoms with Crippen molar-refractivity contribution in [1.82, 2.24) is 14.5 Å². The van der Waals surface area contributed by atoms with Crippen LogP contribution in [-0.4, -0.2) is 92.1 Å². The van der Waals surface area contributed by atoms with Crippen LogP contribution >= 0.6 is 0 Å². The lowest BCUT2D eigenvalue weighted by Crippen LogP contribution is -2.52. The molecule has 51 heavy (non-hydrogen) atoms. The van der Waals surface area contributed by atoms with Gasteiger partial charge in [0.05, 0.1) is 4.91 Å². The molecule has 0 atom stereocenters. The summed E-state index contributed by atoms with van der Waals surface area (Å²) in [5.74, 6) is -1.50. The van der Waals surface area contributed by atoms with Crippen LogP contribution < -0.4 is 9.62 Å². The number of sulfonamides is 1. The second-order valence-corrected chi connectivity index (χ2v) is 14.8. The second-order valence-electron chi connectivity index (χ2n) is 13.1. The maximum atomic E-state index is 13.3. The Morgan fingerprint density at radius 2 is 1.49 bits per heavy atom. The summed E-state index contributed by atoms with van der Waals surface area (Å²) in [5.41, 5.74) is 1.52. The lowest BCUT2D eigenvalue weighted by atomic mass is 9.99. The molecule has 0 aromatic heterocycles. The van der Waals surface area contributed by atoms with Gasteiger partial charge in [-0.15, -0.1) is 0 Å². The summed E-state index contributed by atoms with van der Waals surface area (Å²) < 4.78 is 34.2. The highest BCUT2D eigenvalue weighted by Gasteiger charge is 2.65. The number of anilines is 1. The lowest BCUT2D eigenvalue weighted by Gasteiger charge is -2.36. The Balaban J connectivity index is 1.08. The molecule has 6 rings (SSSR count). The van der Waals surface area contributed by atoms with Gasteiger partial charge in [-0.1, -0.05) is 54.6 Å². The Kier molecular flexibility index (Phi) is 10.5. The molecule has 3 aromatic carbocycles. The quantitative estimate of drug-likeness (QED) is 0.171. The van der Waals surface area contributed by atoms with E-state index in [0.29, 0.717) is 25.9 Å². The molecule has 0 bridgehead atoms. The van der Waals surface area contributed by atoms with Crippen LogP contribution in [0, 0.1) is 20.2 Å². The van der Waals surface area contributed by atoms with Crippen molar-refractivity contribution < 1.29 is 27.8 Å². The Hall–Kier alpha value is -5.12. The van der Waals surface area contributed by atoms with E-state index >= 15 is 0 Å². The third-order valence-electron chi connectivity index (χ3n) is 9.73. The minimum atomic E-state index is -4.69. The van der Waals surface area contributed by atoms with Gasteiger partial charge in [0.1, 0.15) is 22.4 Å². The predicted octanol–water partition coefficient (Wildman–Crippen LogP) is 4.27. The number of carbonyl (C=O) groups is 1. The number of piperidine rings is 1. The zero-order chi connectivity index (χ0) is 36.2. The van der Waals surface area contributed by atoms with Crippen molar-refractivity contribution in [2.75, 3.05) is 51.2 Å². The number of ether oxygens (including phenoxy) is 1. The van der Waals surface area contributed by atoms with E-state index in [9.17, 15) is 33.4 Å². The van der Waals surface area contributed by atoms with E-state index in [1.807, 2.05) is 40.9 Å². The number of nitrogens with one attached hydrogen (secondary N) is 1. The molecule has 14 nitrogen and oxygen atoms in total. The number of nitro groups is 2. The van der Waals surface area contributed by atoms with Crippen LogP contribution in [0.15, 0.2) is 102 Å². The van der Waals surface area contributed by atoms with Crippen molar-refractivity contribution in [3.05, 3.63) is 133 Å². The normalized spacial score (nSPS) is 18.7. The number of allylic oxidation sites excluding steroid dienone is 2. The molecule has 0 saturated carbocycles. The summed E-state index contributed by atoms with van der Waals surface area (Å²) in [6.07, 6.45) is 1.38. The fraction of sp³-hybridized carbons (Fsp3) is 0.361. The largest absolute Gasteiger partial charge is 0.519 e. The fourth-order valence-corrected chi connectivity index (χ4v) is 7.83. The van der Waals surface area contributed by atoms with Crippen molar-refractivity contribution in [3.63, 3.8) is 0 Å². The van der Waals surface area contributed by atoms with Crippen molar-refractivity contribution in [2.24, 2.45) is 0 Å². The number of carbonyl (C=O) groups excluding carboxylic acids is 1. The van der Waals surface area contributed by atoms with Gasteiger partial charge in [-0.2, -0.15) is 0 Å². The molecule has 2 heterocycles. The number of nitrogens with zero attached hydrogens (tertiary/aromatic N) is 5. The third kappa shape index (κ3) is 7.80. The van der Waals surface area contributed by atoms with Crippen LogP contribution in [0.1, 0.15) is 35.2 Å². The molecule has 268 valence electrons. The number of rotatable bonds is 11. The average Bonchev–Trinajstić information content (AvgIpc) is 3.13. The molecular weight excluding hydrogens is 676 g/mol. The van der Waals surface area contributed by atoms with Crippen molar-refractivity contribution in [3.8, 4) is 11.1 Å². The minimum Gasteiger partial charge on any atom is -0.482 e. The SMILES string of the molecule is CN1CCC(OC2=CC=C(S(=O)(=O)NC(=O)c3ccc(N4CCN(Cc5ccccc5-c5ccccc5)CC4)cc3)CC2([N+](=O)[O-])[N+](=O)[O-])CC1. The molecule has 2 saturated heterocycles. The molecule has 2 aliphatic heterocycles. The third-order valence-corrected chi connectivity index (χ3v) is 11.2. The van der Waals surface area contributed by atoms with Crippen LogP contribution in [0.5, 0.6) is 0 Å². The first-order chi connectivity index (χ1) is 24.5. The number of likely N-dealkylation sites (tertiary alicyclic amines) is 1. The topological polar surface area (TPSA) is 168 Å². The first kappa shape index (κ1) is 35.7. The van der Waals surface area contributed by atoms with Crippen LogP contribution in [0.4, 0.5) is 5.69 Å². The van der Waals surface area contributed by atoms with Crippen molar-refractivity contribution in [1.29, 1.82) is 0 Å². The standard InChI is InChI=1S/C36H40N6O8S/c1-38-19-17-31(18-20-38)50-34-16-15-32(25-36(34,41(44)45)42(46)47)51(48,49)37-35(43)28-11-13-30(14-12-28)40-23-21-39(22-24-40)26-29-9-5-6-10-33(29)27-7-3-2-4-8-27/h2-16,31H,17-26H2,1H3,(H,37,43). The molecule has 15 heteroatoms. The summed E-state index contributed by atoms with van der Waals surface area (Å²) in [4.78, 5) is 41.1. The van der Waals surface area contributed by atoms with E-state index in [-0.39, 0.29) is 5.56 Å². The van der Waals surface area contributed by atoms with Gasteiger partial charge >= 0.3 is 5.66 Å². The molecule has 2 fully saturated rings. The van der Waals surface area contributed by atoms with Gasteiger partial charge in [0.25, 0.3) is 21.7 Å². The molecular formula is C36H40N6O8S. The molecule has 1 aliphatic carbocycles. The lowest BCUT2D eigenvalue weighted by molar-refractivity contribution is -0.788. The van der Waals surface area contributed by atoms with E-state index < -0.39 is 54.6 Å². The Bertz CT molecular complexity index is 1920. The number of benzene rings is 3. The summed E-state index contributed by atoms with van der Waals surface area (Å²) in [5, 5.41) is 24.4. The van der Waals surface area contributed by atoms with E-state index in [4.69, 9.17) is 4.74 Å². The van der Waals surface area contributed by atoms with Crippen LogP contribution in [-0.2, 0) is 21.3 Å². The van der Waals surface area contributed by atoms with E-state index in [0.717, 1.165) is 50.6 Å². The van der Waals surface area contributed by atoms with Crippen molar-refractivity contribution in [2.45, 2.75) is 37.6 Å². The molecule has 0 spiro atoms. The second kappa shape index (κ2) is 15.0. The number of hydrogen-bond acceptors (Lipinski definition) is 11. The first-order valence-corrected chi connectivity index (χ1v) is 18.3. The van der Waals surface area contributed by atoms with Gasteiger partial charge in [0.15, 0.2) is 0 Å². The summed E-state index contributed by atoms with van der Waals surface area (Å²) in [7, 11) is -2.78.